The monoisotopic (exact) mass is 348 g/mol. The van der Waals surface area contributed by atoms with Gasteiger partial charge < -0.3 is 19.3 Å². The minimum Gasteiger partial charge on any atom is -0.482 e. The fourth-order valence-electron chi connectivity index (χ4n) is 4.79. The van der Waals surface area contributed by atoms with Gasteiger partial charge in [0, 0.05) is 24.3 Å². The fourth-order valence-corrected chi connectivity index (χ4v) is 4.79. The smallest absolute Gasteiger partial charge is 0.318 e. The van der Waals surface area contributed by atoms with Crippen LogP contribution in [-0.2, 0) is 23.8 Å². The zero-order valence-electron chi connectivity index (χ0n) is 14.9. The molecule has 0 aromatic carbocycles. The molecule has 1 N–H and O–H groups in total. The van der Waals surface area contributed by atoms with E-state index in [1.807, 2.05) is 26.8 Å². The lowest BCUT2D eigenvalue weighted by Crippen LogP contribution is -2.53. The summed E-state index contributed by atoms with van der Waals surface area (Å²) in [5.41, 5.74) is -0.409. The van der Waals surface area contributed by atoms with E-state index in [4.69, 9.17) is 14.2 Å². The minimum atomic E-state index is -1.62. The van der Waals surface area contributed by atoms with Crippen LogP contribution in [0.15, 0.2) is 23.5 Å². The number of allylic oxidation sites excluding steroid dienone is 1. The number of hydrogen-bond acceptors (Lipinski definition) is 6. The standard InChI is InChI=1S/C19H24O6/c1-5-10(3)19(22)18(4)16-14(24-17(18)21)6-9(2)12-7-11(20)13(23-12)8-15(16)25-19/h6-7,10,13-16,22H,5,8H2,1-4H3/b9-6-/t10-,13+,14+,15-,16-,18+,19+/m0/s1. The van der Waals surface area contributed by atoms with E-state index in [1.165, 1.54) is 6.08 Å². The molecule has 0 aliphatic carbocycles. The van der Waals surface area contributed by atoms with E-state index < -0.39 is 35.5 Å². The van der Waals surface area contributed by atoms with Crippen LogP contribution in [0.5, 0.6) is 0 Å². The van der Waals surface area contributed by atoms with Gasteiger partial charge in [-0.15, -0.1) is 0 Å². The van der Waals surface area contributed by atoms with E-state index in [9.17, 15) is 14.7 Å². The van der Waals surface area contributed by atoms with Crippen molar-refractivity contribution < 1.29 is 28.9 Å². The van der Waals surface area contributed by atoms with Gasteiger partial charge in [-0.1, -0.05) is 13.8 Å². The van der Waals surface area contributed by atoms with E-state index in [-0.39, 0.29) is 17.6 Å². The Bertz CT molecular complexity index is 709. The molecule has 7 atom stereocenters. The normalized spacial score (nSPS) is 48.4. The molecule has 2 fully saturated rings. The van der Waals surface area contributed by atoms with Gasteiger partial charge in [-0.25, -0.2) is 0 Å². The van der Waals surface area contributed by atoms with Crippen molar-refractivity contribution in [2.45, 2.75) is 64.6 Å². The van der Waals surface area contributed by atoms with Crippen LogP contribution in [0.4, 0.5) is 0 Å². The Kier molecular flexibility index (Phi) is 3.48. The van der Waals surface area contributed by atoms with Gasteiger partial charge in [-0.05, 0) is 31.9 Å². The highest BCUT2D eigenvalue weighted by atomic mass is 16.7. The molecule has 4 aliphatic rings. The summed E-state index contributed by atoms with van der Waals surface area (Å²) in [4.78, 5) is 25.0. The second-order valence-corrected chi connectivity index (χ2v) is 7.86. The number of fused-ring (bicyclic) bond motifs is 2. The molecule has 6 nitrogen and oxygen atoms in total. The number of ether oxygens (including phenoxy) is 3. The van der Waals surface area contributed by atoms with Crippen LogP contribution in [0.1, 0.15) is 40.5 Å². The number of carbonyl (C=O) groups excluding carboxylic acids is 2. The first kappa shape index (κ1) is 16.8. The summed E-state index contributed by atoms with van der Waals surface area (Å²) >= 11 is 0. The summed E-state index contributed by atoms with van der Waals surface area (Å²) in [6, 6.07) is 0. The first-order valence-corrected chi connectivity index (χ1v) is 8.94. The van der Waals surface area contributed by atoms with Crippen molar-refractivity contribution in [3.63, 3.8) is 0 Å². The number of aliphatic hydroxyl groups is 1. The largest absolute Gasteiger partial charge is 0.482 e. The second-order valence-electron chi connectivity index (χ2n) is 7.86. The highest BCUT2D eigenvalue weighted by Crippen LogP contribution is 2.60. The molecule has 4 rings (SSSR count). The van der Waals surface area contributed by atoms with Crippen molar-refractivity contribution in [2.75, 3.05) is 0 Å². The van der Waals surface area contributed by atoms with E-state index in [0.717, 1.165) is 5.57 Å². The van der Waals surface area contributed by atoms with Gasteiger partial charge in [0.15, 0.2) is 17.7 Å². The zero-order valence-corrected chi connectivity index (χ0v) is 14.9. The van der Waals surface area contributed by atoms with Gasteiger partial charge in [0.1, 0.15) is 17.3 Å². The Hall–Kier alpha value is -1.66. The molecule has 2 saturated heterocycles. The van der Waals surface area contributed by atoms with Gasteiger partial charge in [0.2, 0.25) is 0 Å². The predicted molar refractivity (Wildman–Crippen MR) is 87.1 cm³/mol. The Morgan fingerprint density at radius 1 is 1.36 bits per heavy atom. The predicted octanol–water partition coefficient (Wildman–Crippen LogP) is 1.87. The van der Waals surface area contributed by atoms with Gasteiger partial charge in [0.05, 0.1) is 6.10 Å². The highest BCUT2D eigenvalue weighted by Gasteiger charge is 2.74. The number of carbonyl (C=O) groups is 2. The van der Waals surface area contributed by atoms with Gasteiger partial charge in [0.25, 0.3) is 0 Å². The third-order valence-corrected chi connectivity index (χ3v) is 6.55. The third kappa shape index (κ3) is 1.98. The molecule has 136 valence electrons. The Labute approximate surface area is 146 Å². The van der Waals surface area contributed by atoms with Crippen LogP contribution in [-0.4, -0.2) is 41.0 Å². The summed E-state index contributed by atoms with van der Waals surface area (Å²) in [5, 5.41) is 11.4. The third-order valence-electron chi connectivity index (χ3n) is 6.55. The maximum absolute atomic E-state index is 12.8. The second kappa shape index (κ2) is 5.17. The molecule has 0 radical (unpaired) electrons. The molecule has 4 aliphatic heterocycles. The molecular weight excluding hydrogens is 324 g/mol. The maximum atomic E-state index is 12.8. The van der Waals surface area contributed by atoms with Crippen molar-refractivity contribution in [1.29, 1.82) is 0 Å². The quantitative estimate of drug-likeness (QED) is 0.767. The van der Waals surface area contributed by atoms with E-state index >= 15 is 0 Å². The lowest BCUT2D eigenvalue weighted by Gasteiger charge is -2.38. The maximum Gasteiger partial charge on any atom is 0.318 e. The van der Waals surface area contributed by atoms with E-state index in [1.54, 1.807) is 6.92 Å². The summed E-state index contributed by atoms with van der Waals surface area (Å²) < 4.78 is 17.6. The van der Waals surface area contributed by atoms with E-state index in [0.29, 0.717) is 18.6 Å². The van der Waals surface area contributed by atoms with Crippen LogP contribution < -0.4 is 0 Å². The lowest BCUT2D eigenvalue weighted by molar-refractivity contribution is -0.266. The average molecular weight is 348 g/mol. The molecule has 2 bridgehead atoms. The molecule has 0 amide bonds. The number of esters is 1. The van der Waals surface area contributed by atoms with E-state index in [2.05, 4.69) is 0 Å². The van der Waals surface area contributed by atoms with Gasteiger partial charge >= 0.3 is 5.97 Å². The Morgan fingerprint density at radius 2 is 2.08 bits per heavy atom. The van der Waals surface area contributed by atoms with Crippen molar-refractivity contribution in [3.8, 4) is 0 Å². The fraction of sp³-hybridized carbons (Fsp3) is 0.684. The van der Waals surface area contributed by atoms with Crippen molar-refractivity contribution in [2.24, 2.45) is 17.3 Å². The summed E-state index contributed by atoms with van der Waals surface area (Å²) in [5.74, 6) is -2.25. The summed E-state index contributed by atoms with van der Waals surface area (Å²) in [6.45, 7) is 7.38. The molecule has 0 saturated carbocycles. The molecule has 0 unspecified atom stereocenters. The van der Waals surface area contributed by atoms with Crippen LogP contribution in [0, 0.1) is 17.3 Å². The van der Waals surface area contributed by atoms with Crippen LogP contribution in [0.2, 0.25) is 0 Å². The first-order valence-electron chi connectivity index (χ1n) is 8.94. The SMILES string of the molecule is CC[C@H](C)[C@@]1(O)O[C@H]2C[C@H]3OC(=CC3=O)/C(C)=C\[C@H]3OC(=O)[C@@]1(C)[C@H]23. The summed E-state index contributed by atoms with van der Waals surface area (Å²) in [7, 11) is 0. The number of rotatable bonds is 2. The first-order chi connectivity index (χ1) is 11.7. The zero-order chi connectivity index (χ0) is 18.1. The molecule has 25 heavy (non-hydrogen) atoms. The molecule has 0 aromatic heterocycles. The average Bonchev–Trinajstić information content (AvgIpc) is 3.13. The molecule has 0 spiro atoms. The van der Waals surface area contributed by atoms with Crippen LogP contribution in [0.25, 0.3) is 0 Å². The topological polar surface area (TPSA) is 82.1 Å². The highest BCUT2D eigenvalue weighted by molar-refractivity contribution is 5.96. The molecule has 6 heteroatoms. The minimum absolute atomic E-state index is 0.101. The molecular formula is C19H24O6. The Balaban J connectivity index is 1.84. The van der Waals surface area contributed by atoms with Crippen molar-refractivity contribution in [1.82, 2.24) is 0 Å². The number of hydrogen-bond donors (Lipinski definition) is 1. The van der Waals surface area contributed by atoms with Crippen LogP contribution >= 0.6 is 0 Å². The van der Waals surface area contributed by atoms with Gasteiger partial charge in [-0.3, -0.25) is 9.59 Å². The van der Waals surface area contributed by atoms with Crippen molar-refractivity contribution in [3.05, 3.63) is 23.5 Å². The summed E-state index contributed by atoms with van der Waals surface area (Å²) in [6.07, 6.45) is 2.63. The Morgan fingerprint density at radius 3 is 2.76 bits per heavy atom. The molecule has 4 heterocycles. The lowest BCUT2D eigenvalue weighted by atomic mass is 9.66. The van der Waals surface area contributed by atoms with Crippen molar-refractivity contribution >= 4 is 11.8 Å². The van der Waals surface area contributed by atoms with Crippen LogP contribution in [0.3, 0.4) is 0 Å². The number of ketones is 1. The molecule has 0 aromatic rings. The van der Waals surface area contributed by atoms with Gasteiger partial charge in [-0.2, -0.15) is 0 Å².